The highest BCUT2D eigenvalue weighted by atomic mass is 16.6. The van der Waals surface area contributed by atoms with Crippen molar-refractivity contribution < 1.29 is 18.3 Å². The summed E-state index contributed by atoms with van der Waals surface area (Å²) in [6.45, 7) is 1.55. The molecule has 1 unspecified atom stereocenters. The zero-order valence-electron chi connectivity index (χ0n) is 11.4. The van der Waals surface area contributed by atoms with Gasteiger partial charge in [0.15, 0.2) is 0 Å². The van der Waals surface area contributed by atoms with Crippen molar-refractivity contribution in [2.24, 2.45) is 0 Å². The number of hydrogen-bond acceptors (Lipinski definition) is 3. The lowest BCUT2D eigenvalue weighted by Gasteiger charge is -2.05. The topological polar surface area (TPSA) is 31.0 Å². The van der Waals surface area contributed by atoms with Crippen LogP contribution in [0.1, 0.15) is 9.68 Å². The molecule has 0 aliphatic carbocycles. The molecule has 0 aromatic heterocycles. The van der Waals surface area contributed by atoms with Crippen LogP contribution in [0.15, 0.2) is 24.3 Å². The van der Waals surface area contributed by atoms with E-state index in [0.29, 0.717) is 13.0 Å². The van der Waals surface area contributed by atoms with E-state index >= 15 is 0 Å². The van der Waals surface area contributed by atoms with E-state index < -0.39 is 7.04 Å². The molecule has 1 fully saturated rings. The smallest absolute Gasteiger partial charge is 0.119 e. The Morgan fingerprint density at radius 2 is 2.27 bits per heavy atom. The summed E-state index contributed by atoms with van der Waals surface area (Å²) in [4.78, 5) is 0. The van der Waals surface area contributed by atoms with Crippen LogP contribution < -0.4 is 4.74 Å². The summed E-state index contributed by atoms with van der Waals surface area (Å²) in [6.07, 6.45) is 0.821. The molecule has 0 radical (unpaired) electrons. The molecule has 1 aromatic rings. The number of ether oxygens (including phenoxy) is 3. The molecule has 1 atom stereocenters. The van der Waals surface area contributed by atoms with Gasteiger partial charge in [-0.1, -0.05) is 12.1 Å². The number of rotatable bonds is 6. The van der Waals surface area contributed by atoms with Crippen molar-refractivity contribution in [1.29, 1.82) is 0 Å². The standard InChI is InChI=1S/C12H16O3/c1-13-7-6-10-2-4-11(5-3-10)14-8-12-9-15-12/h2-5,12H,6-9H2,1H3/i1D3. The monoisotopic (exact) mass is 211 g/mol. The third kappa shape index (κ3) is 3.53. The second kappa shape index (κ2) is 5.14. The van der Waals surface area contributed by atoms with Gasteiger partial charge in [0.2, 0.25) is 0 Å². The van der Waals surface area contributed by atoms with Crippen LogP contribution >= 0.6 is 0 Å². The van der Waals surface area contributed by atoms with Gasteiger partial charge in [0, 0.05) is 7.04 Å². The molecule has 1 aliphatic heterocycles. The van der Waals surface area contributed by atoms with Crippen LogP contribution in [-0.4, -0.2) is 33.0 Å². The Morgan fingerprint density at radius 1 is 1.47 bits per heavy atom. The van der Waals surface area contributed by atoms with Crippen molar-refractivity contribution in [2.45, 2.75) is 12.5 Å². The van der Waals surface area contributed by atoms with Crippen LogP contribution in [0.4, 0.5) is 0 Å². The molecule has 3 heteroatoms. The zero-order chi connectivity index (χ0) is 13.0. The molecular weight excluding hydrogens is 192 g/mol. The highest BCUT2D eigenvalue weighted by molar-refractivity contribution is 5.27. The molecule has 0 bridgehead atoms. The van der Waals surface area contributed by atoms with Gasteiger partial charge in [-0.05, 0) is 24.1 Å². The summed E-state index contributed by atoms with van der Waals surface area (Å²) >= 11 is 0. The maximum atomic E-state index is 6.91. The van der Waals surface area contributed by atoms with E-state index in [4.69, 9.17) is 18.3 Å². The molecule has 1 aliphatic rings. The van der Waals surface area contributed by atoms with E-state index in [9.17, 15) is 0 Å². The van der Waals surface area contributed by atoms with Gasteiger partial charge in [-0.15, -0.1) is 0 Å². The quantitative estimate of drug-likeness (QED) is 0.670. The van der Waals surface area contributed by atoms with Crippen molar-refractivity contribution >= 4 is 0 Å². The minimum atomic E-state index is -2.31. The summed E-state index contributed by atoms with van der Waals surface area (Å²) in [6, 6.07) is 7.55. The Morgan fingerprint density at radius 3 is 2.93 bits per heavy atom. The first-order chi connectivity index (χ1) is 8.53. The molecule has 1 saturated heterocycles. The van der Waals surface area contributed by atoms with E-state index in [0.717, 1.165) is 17.9 Å². The van der Waals surface area contributed by atoms with E-state index in [2.05, 4.69) is 0 Å². The highest BCUT2D eigenvalue weighted by Crippen LogP contribution is 2.15. The lowest BCUT2D eigenvalue weighted by molar-refractivity contribution is 0.202. The molecule has 3 nitrogen and oxygen atoms in total. The second-order valence-electron chi connectivity index (χ2n) is 3.51. The molecule has 0 spiro atoms. The Hall–Kier alpha value is -1.06. The Labute approximate surface area is 94.2 Å². The van der Waals surface area contributed by atoms with Crippen molar-refractivity contribution in [3.8, 4) is 5.75 Å². The summed E-state index contributed by atoms with van der Waals surface area (Å²) in [7, 11) is -2.31. The lowest BCUT2D eigenvalue weighted by Crippen LogP contribution is -2.04. The van der Waals surface area contributed by atoms with Crippen LogP contribution in [0.25, 0.3) is 0 Å². The first-order valence-electron chi connectivity index (χ1n) is 6.50. The molecule has 2 rings (SSSR count). The Bertz CT molecular complexity index is 371. The largest absolute Gasteiger partial charge is 0.491 e. The molecule has 1 heterocycles. The van der Waals surface area contributed by atoms with Gasteiger partial charge in [0.1, 0.15) is 18.5 Å². The fourth-order valence-corrected chi connectivity index (χ4v) is 1.27. The van der Waals surface area contributed by atoms with Gasteiger partial charge < -0.3 is 14.2 Å². The van der Waals surface area contributed by atoms with Gasteiger partial charge in [0.25, 0.3) is 0 Å². The van der Waals surface area contributed by atoms with Crippen molar-refractivity contribution in [3.05, 3.63) is 29.8 Å². The van der Waals surface area contributed by atoms with E-state index in [-0.39, 0.29) is 12.7 Å². The van der Waals surface area contributed by atoms with Crippen molar-refractivity contribution in [2.75, 3.05) is 26.9 Å². The average Bonchev–Trinajstić information content (AvgIpc) is 3.10. The van der Waals surface area contributed by atoms with E-state index in [1.54, 1.807) is 0 Å². The molecule has 0 amide bonds. The van der Waals surface area contributed by atoms with E-state index in [1.807, 2.05) is 24.3 Å². The van der Waals surface area contributed by atoms with Crippen molar-refractivity contribution in [1.82, 2.24) is 0 Å². The van der Waals surface area contributed by atoms with Gasteiger partial charge in [-0.3, -0.25) is 0 Å². The maximum Gasteiger partial charge on any atom is 0.119 e. The van der Waals surface area contributed by atoms with Crippen LogP contribution in [0, 0.1) is 0 Å². The molecule has 0 saturated carbocycles. The number of hydrogen-bond donors (Lipinski definition) is 0. The Balaban J connectivity index is 1.72. The lowest BCUT2D eigenvalue weighted by atomic mass is 10.1. The summed E-state index contributed by atoms with van der Waals surface area (Å²) < 4.78 is 36.0. The van der Waals surface area contributed by atoms with Gasteiger partial charge >= 0.3 is 0 Å². The van der Waals surface area contributed by atoms with Crippen molar-refractivity contribution in [3.63, 3.8) is 0 Å². The molecule has 82 valence electrons. The predicted octanol–water partition coefficient (Wildman–Crippen LogP) is 1.65. The fraction of sp³-hybridized carbons (Fsp3) is 0.500. The van der Waals surface area contributed by atoms with Gasteiger partial charge in [-0.2, -0.15) is 0 Å². The fourth-order valence-electron chi connectivity index (χ4n) is 1.27. The maximum absolute atomic E-state index is 6.91. The normalized spacial score (nSPS) is 22.7. The number of methoxy groups -OCH3 is 1. The second-order valence-corrected chi connectivity index (χ2v) is 3.51. The number of epoxide rings is 1. The third-order valence-corrected chi connectivity index (χ3v) is 2.25. The molecular formula is C12H16O3. The van der Waals surface area contributed by atoms with Crippen LogP contribution in [0.5, 0.6) is 5.75 Å². The third-order valence-electron chi connectivity index (χ3n) is 2.25. The van der Waals surface area contributed by atoms with Gasteiger partial charge in [-0.25, -0.2) is 0 Å². The van der Waals surface area contributed by atoms with Crippen LogP contribution in [-0.2, 0) is 15.9 Å². The van der Waals surface area contributed by atoms with Crippen LogP contribution in [0.2, 0.25) is 0 Å². The molecule has 0 N–H and O–H groups in total. The predicted molar refractivity (Wildman–Crippen MR) is 57.3 cm³/mol. The molecule has 15 heavy (non-hydrogen) atoms. The van der Waals surface area contributed by atoms with E-state index in [1.165, 1.54) is 0 Å². The summed E-state index contributed by atoms with van der Waals surface area (Å²) in [5.41, 5.74) is 1.02. The minimum Gasteiger partial charge on any atom is -0.491 e. The molecule has 1 aromatic carbocycles. The minimum absolute atomic E-state index is 0.187. The number of benzene rings is 1. The summed E-state index contributed by atoms with van der Waals surface area (Å²) in [5.74, 6) is 0.797. The van der Waals surface area contributed by atoms with Crippen LogP contribution in [0.3, 0.4) is 0 Å². The Kier molecular flexibility index (Phi) is 2.49. The average molecular weight is 211 g/mol. The SMILES string of the molecule is [2H]C([2H])([2H])OCCc1ccc(OCC2CO2)cc1. The van der Waals surface area contributed by atoms with Gasteiger partial charge in [0.05, 0.1) is 17.3 Å². The first-order valence-corrected chi connectivity index (χ1v) is 5.00. The first kappa shape index (κ1) is 7.25. The summed E-state index contributed by atoms with van der Waals surface area (Å²) in [5, 5.41) is 0. The highest BCUT2D eigenvalue weighted by Gasteiger charge is 2.22. The zero-order valence-corrected chi connectivity index (χ0v) is 8.44.